The molecule has 0 spiro atoms. The van der Waals surface area contributed by atoms with Crippen LogP contribution in [-0.4, -0.2) is 13.2 Å². The van der Waals surface area contributed by atoms with E-state index in [1.165, 1.54) is 101 Å². The fraction of sp³-hybridized carbons (Fsp3) is 0.644. The van der Waals surface area contributed by atoms with Gasteiger partial charge in [0, 0.05) is 0 Å². The Morgan fingerprint density at radius 2 is 0.980 bits per heavy atom. The van der Waals surface area contributed by atoms with E-state index < -0.39 is 20.8 Å². The van der Waals surface area contributed by atoms with Crippen LogP contribution in [0.15, 0.2) is 60.7 Å². The number of halogens is 2. The predicted molar refractivity (Wildman–Crippen MR) is 215 cm³/mol. The van der Waals surface area contributed by atoms with E-state index >= 15 is 0 Å². The van der Waals surface area contributed by atoms with Gasteiger partial charge in [-0.2, -0.15) is 5.92 Å². The molecule has 6 atom stereocenters. The third-order valence-electron chi connectivity index (χ3n) is 11.2. The normalized spacial score (nSPS) is 25.1. The van der Waals surface area contributed by atoms with Crippen molar-refractivity contribution in [2.75, 3.05) is 13.2 Å². The van der Waals surface area contributed by atoms with Crippen LogP contribution in [0.2, 0.25) is 0 Å². The average molecular weight is 803 g/mol. The van der Waals surface area contributed by atoms with Gasteiger partial charge in [-0.1, -0.05) is 171 Å². The molecule has 4 aliphatic rings. The molecule has 6 unspecified atom stereocenters. The summed E-state index contributed by atoms with van der Waals surface area (Å²) in [4.78, 5) is 0. The number of fused-ring (bicyclic) bond motifs is 4. The Kier molecular flexibility index (Phi) is 22.8. The topological polar surface area (TPSA) is 18.5 Å². The molecule has 0 aliphatic heterocycles. The van der Waals surface area contributed by atoms with Crippen LogP contribution in [0.3, 0.4) is 0 Å². The maximum atomic E-state index is 6.27. The zero-order valence-electron chi connectivity index (χ0n) is 31.7. The first kappa shape index (κ1) is 43.6. The van der Waals surface area contributed by atoms with Crippen molar-refractivity contribution in [2.45, 2.75) is 136 Å². The standard InChI is InChI=1S/C31H53O2.C14H15.2ClH.Zr/c1-5-7-9-11-13-15-17-19-21-32-30-24-28-23-26(3)27(4)29(28)25-31(30)33-22-20-18-16-14-12-10-8-6-2;1-10-11-6-2-4-8-13(11)14-9-5-3-7-12(10)14;;;/h24-27H,4-23H2,1-3H3;2-14H,1H2;2*1H;/q2*-1;;;+4/p-2. The second-order valence-electron chi connectivity index (χ2n) is 15.0. The molecular weight excluding hydrogens is 735 g/mol. The molecule has 1 fully saturated rings. The zero-order valence-corrected chi connectivity index (χ0v) is 35.7. The predicted octanol–water partition coefficient (Wildman–Crippen LogP) is 14.4. The van der Waals surface area contributed by atoms with E-state index in [2.05, 4.69) is 95.4 Å². The summed E-state index contributed by atoms with van der Waals surface area (Å²) in [6.07, 6.45) is 40.4. The van der Waals surface area contributed by atoms with Gasteiger partial charge in [-0.05, 0) is 60.6 Å². The van der Waals surface area contributed by atoms with Gasteiger partial charge in [-0.3, -0.25) is 0 Å². The van der Waals surface area contributed by atoms with Crippen molar-refractivity contribution in [3.05, 3.63) is 85.7 Å². The molecule has 1 saturated carbocycles. The molecule has 1 aromatic rings. The number of allylic oxidation sites excluding steroid dienone is 8. The molecule has 0 amide bonds. The van der Waals surface area contributed by atoms with Crippen molar-refractivity contribution < 1.29 is 30.3 Å². The molecule has 0 saturated heterocycles. The van der Waals surface area contributed by atoms with Gasteiger partial charge in [0.2, 0.25) is 0 Å². The van der Waals surface area contributed by atoms with E-state index in [1.807, 2.05) is 0 Å². The molecule has 4 aliphatic carbocycles. The molecule has 278 valence electrons. The summed E-state index contributed by atoms with van der Waals surface area (Å²) in [6.45, 7) is 17.2. The van der Waals surface area contributed by atoms with Crippen LogP contribution in [0.4, 0.5) is 0 Å². The molecule has 5 heteroatoms. The number of rotatable bonds is 20. The first-order valence-electron chi connectivity index (χ1n) is 20.2. The Morgan fingerprint density at radius 3 is 1.42 bits per heavy atom. The van der Waals surface area contributed by atoms with Gasteiger partial charge in [0.1, 0.15) is 0 Å². The molecule has 1 aromatic carbocycles. The van der Waals surface area contributed by atoms with Crippen molar-refractivity contribution in [2.24, 2.45) is 35.5 Å². The van der Waals surface area contributed by atoms with Crippen LogP contribution in [-0.2, 0) is 27.3 Å². The number of unbranched alkanes of at least 4 members (excludes halogenated alkanes) is 14. The molecule has 5 rings (SSSR count). The fourth-order valence-corrected chi connectivity index (χ4v) is 8.16. The quantitative estimate of drug-likeness (QED) is 0.0966. The summed E-state index contributed by atoms with van der Waals surface area (Å²) in [5.41, 5.74) is 2.78. The Balaban J connectivity index is 0.000000323. The number of hydrogen-bond acceptors (Lipinski definition) is 2. The molecule has 0 N–H and O–H groups in total. The van der Waals surface area contributed by atoms with Gasteiger partial charge in [0.25, 0.3) is 0 Å². The van der Waals surface area contributed by atoms with Crippen molar-refractivity contribution in [1.82, 2.24) is 0 Å². The van der Waals surface area contributed by atoms with E-state index in [-0.39, 0.29) is 0 Å². The van der Waals surface area contributed by atoms with Crippen LogP contribution >= 0.6 is 17.0 Å². The number of benzene rings is 1. The Bertz CT molecular complexity index is 1140. The van der Waals surface area contributed by atoms with Crippen LogP contribution in [0.1, 0.15) is 141 Å². The van der Waals surface area contributed by atoms with Gasteiger partial charge in [-0.15, -0.1) is 5.92 Å². The molecule has 0 aromatic heterocycles. The van der Waals surface area contributed by atoms with E-state index in [0.717, 1.165) is 44.0 Å². The molecule has 0 bridgehead atoms. The molecule has 50 heavy (non-hydrogen) atoms. The summed E-state index contributed by atoms with van der Waals surface area (Å²) in [6, 6.07) is 4.50. The second-order valence-corrected chi connectivity index (χ2v) is 18.7. The Morgan fingerprint density at radius 1 is 0.600 bits per heavy atom. The van der Waals surface area contributed by atoms with Gasteiger partial charge in [0.05, 0.1) is 13.2 Å². The third-order valence-corrected chi connectivity index (χ3v) is 11.2. The molecule has 0 radical (unpaired) electrons. The molecule has 0 heterocycles. The van der Waals surface area contributed by atoms with Gasteiger partial charge in [-0.25, -0.2) is 0 Å². The number of ether oxygens (including phenoxy) is 2. The first-order valence-corrected chi connectivity index (χ1v) is 26.5. The van der Waals surface area contributed by atoms with E-state index in [4.69, 9.17) is 26.5 Å². The molecule has 2 nitrogen and oxygen atoms in total. The summed E-state index contributed by atoms with van der Waals surface area (Å²) in [7, 11) is 9.87. The van der Waals surface area contributed by atoms with E-state index in [9.17, 15) is 0 Å². The summed E-state index contributed by atoms with van der Waals surface area (Å²) in [5.74, 6) is 6.10. The summed E-state index contributed by atoms with van der Waals surface area (Å²) >= 11 is -0.826. The molecular formula is C45H68Cl2O2Zr. The summed E-state index contributed by atoms with van der Waals surface area (Å²) in [5, 5.41) is 0. The van der Waals surface area contributed by atoms with Crippen LogP contribution in [0.5, 0.6) is 11.5 Å². The van der Waals surface area contributed by atoms with Gasteiger partial charge in [0.15, 0.2) is 11.5 Å². The zero-order chi connectivity index (χ0) is 36.0. The Hall–Kier alpha value is -0.757. The van der Waals surface area contributed by atoms with Crippen molar-refractivity contribution >= 4 is 17.0 Å². The van der Waals surface area contributed by atoms with Crippen molar-refractivity contribution in [1.29, 1.82) is 0 Å². The van der Waals surface area contributed by atoms with Crippen molar-refractivity contribution in [3.63, 3.8) is 0 Å². The van der Waals surface area contributed by atoms with Crippen LogP contribution in [0, 0.1) is 49.4 Å². The van der Waals surface area contributed by atoms with Crippen LogP contribution < -0.4 is 9.47 Å². The minimum absolute atomic E-state index is 0.368. The summed E-state index contributed by atoms with van der Waals surface area (Å²) < 4.78 is 12.5. The maximum absolute atomic E-state index is 6.27. The third kappa shape index (κ3) is 14.6. The fourth-order valence-electron chi connectivity index (χ4n) is 8.16. The van der Waals surface area contributed by atoms with E-state index in [0.29, 0.717) is 41.4 Å². The Labute approximate surface area is 327 Å². The van der Waals surface area contributed by atoms with Gasteiger partial charge < -0.3 is 23.3 Å². The monoisotopic (exact) mass is 800 g/mol. The minimum atomic E-state index is -0.826. The first-order chi connectivity index (χ1) is 24.5. The van der Waals surface area contributed by atoms with Gasteiger partial charge >= 0.3 is 37.9 Å². The second kappa shape index (κ2) is 26.1. The number of hydrogen-bond donors (Lipinski definition) is 0. The average Bonchev–Trinajstić information content (AvgIpc) is 3.58. The van der Waals surface area contributed by atoms with E-state index in [1.54, 1.807) is 0 Å². The SMILES string of the molecule is [CH2-]C1C2C=CC=CC2C2C=CC=CC12.[CH2-]C1c2cc(OCCCCCCCCCC)c(OCCCCCCCCCC)cc2CC1C.[Cl][Zr+2][Cl]. The van der Waals surface area contributed by atoms with Crippen LogP contribution in [0.25, 0.3) is 0 Å². The van der Waals surface area contributed by atoms with Crippen molar-refractivity contribution in [3.8, 4) is 11.5 Å².